The molecule has 4 nitrogen and oxygen atoms in total. The maximum atomic E-state index is 12.0. The number of hydrogen-bond acceptors (Lipinski definition) is 3. The van der Waals surface area contributed by atoms with Crippen LogP contribution in [0.4, 0.5) is 0 Å². The molecule has 1 heterocycles. The summed E-state index contributed by atoms with van der Waals surface area (Å²) in [5.74, 6) is -0.118. The molecule has 2 amide bonds. The van der Waals surface area contributed by atoms with Gasteiger partial charge in [-0.25, -0.2) is 0 Å². The molecule has 1 aliphatic carbocycles. The van der Waals surface area contributed by atoms with Gasteiger partial charge in [-0.05, 0) is 19.4 Å². The van der Waals surface area contributed by atoms with E-state index < -0.39 is 0 Å². The summed E-state index contributed by atoms with van der Waals surface area (Å²) in [4.78, 5) is 25.4. The zero-order valence-electron chi connectivity index (χ0n) is 9.61. The van der Waals surface area contributed by atoms with Crippen molar-refractivity contribution in [3.63, 3.8) is 0 Å². The first-order valence-corrected chi connectivity index (χ1v) is 5.96. The highest BCUT2D eigenvalue weighted by molar-refractivity contribution is 6.05. The van der Waals surface area contributed by atoms with Crippen molar-refractivity contribution >= 4 is 11.8 Å². The smallest absolute Gasteiger partial charge is 0.233 e. The molecule has 4 heteroatoms. The van der Waals surface area contributed by atoms with E-state index in [9.17, 15) is 9.59 Å². The fraction of sp³-hybridized carbons (Fsp3) is 0.667. The molecule has 0 aromatic rings. The van der Waals surface area contributed by atoms with E-state index in [0.29, 0.717) is 13.1 Å². The van der Waals surface area contributed by atoms with Crippen LogP contribution in [0.2, 0.25) is 0 Å². The summed E-state index contributed by atoms with van der Waals surface area (Å²) in [6, 6.07) is 0. The standard InChI is InChI=1S/C12H18N2O2/c1-2-13-7-8-14-11(15)9-5-3-4-6-10(9)12(14)16/h3-4,9-10,13H,2,5-8H2,1H3. The van der Waals surface area contributed by atoms with Gasteiger partial charge in [0.15, 0.2) is 0 Å². The summed E-state index contributed by atoms with van der Waals surface area (Å²) < 4.78 is 0. The third-order valence-corrected chi connectivity index (χ3v) is 3.36. The topological polar surface area (TPSA) is 49.4 Å². The van der Waals surface area contributed by atoms with Gasteiger partial charge in [-0.15, -0.1) is 0 Å². The number of likely N-dealkylation sites (tertiary alicyclic amines) is 1. The van der Waals surface area contributed by atoms with Gasteiger partial charge in [-0.1, -0.05) is 19.1 Å². The van der Waals surface area contributed by atoms with Crippen molar-refractivity contribution in [2.24, 2.45) is 11.8 Å². The normalized spacial score (nSPS) is 28.7. The zero-order valence-corrected chi connectivity index (χ0v) is 9.61. The number of carbonyl (C=O) groups is 2. The molecule has 0 saturated carbocycles. The van der Waals surface area contributed by atoms with Crippen molar-refractivity contribution in [3.05, 3.63) is 12.2 Å². The van der Waals surface area contributed by atoms with Crippen LogP contribution in [0.5, 0.6) is 0 Å². The molecule has 0 aromatic heterocycles. The first-order valence-electron chi connectivity index (χ1n) is 5.96. The third-order valence-electron chi connectivity index (χ3n) is 3.36. The number of allylic oxidation sites excluding steroid dienone is 2. The van der Waals surface area contributed by atoms with E-state index in [-0.39, 0.29) is 23.7 Å². The maximum Gasteiger partial charge on any atom is 0.233 e. The Morgan fingerprint density at radius 1 is 1.25 bits per heavy atom. The number of hydrogen-bond donors (Lipinski definition) is 1. The van der Waals surface area contributed by atoms with Gasteiger partial charge in [-0.2, -0.15) is 0 Å². The molecule has 2 rings (SSSR count). The fourth-order valence-corrected chi connectivity index (χ4v) is 2.46. The van der Waals surface area contributed by atoms with Crippen molar-refractivity contribution in [2.45, 2.75) is 19.8 Å². The first-order chi connectivity index (χ1) is 7.75. The fourth-order valence-electron chi connectivity index (χ4n) is 2.46. The largest absolute Gasteiger partial charge is 0.315 e. The van der Waals surface area contributed by atoms with Crippen LogP contribution in [0.25, 0.3) is 0 Å². The van der Waals surface area contributed by atoms with Crippen LogP contribution in [0, 0.1) is 11.8 Å². The Bertz CT molecular complexity index is 299. The molecular formula is C12H18N2O2. The third kappa shape index (κ3) is 1.89. The average molecular weight is 222 g/mol. The summed E-state index contributed by atoms with van der Waals surface area (Å²) in [5, 5.41) is 3.14. The molecule has 0 aromatic carbocycles. The molecule has 2 unspecified atom stereocenters. The second kappa shape index (κ2) is 4.78. The monoisotopic (exact) mass is 222 g/mol. The molecule has 1 fully saturated rings. The minimum absolute atomic E-state index is 0.0252. The van der Waals surface area contributed by atoms with Gasteiger partial charge >= 0.3 is 0 Å². The van der Waals surface area contributed by atoms with Gasteiger partial charge in [0.25, 0.3) is 0 Å². The van der Waals surface area contributed by atoms with Crippen molar-refractivity contribution in [1.29, 1.82) is 0 Å². The van der Waals surface area contributed by atoms with Crippen LogP contribution in [-0.4, -0.2) is 36.3 Å². The number of nitrogens with zero attached hydrogens (tertiary/aromatic N) is 1. The number of likely N-dealkylation sites (N-methyl/N-ethyl adjacent to an activating group) is 1. The lowest BCUT2D eigenvalue weighted by Crippen LogP contribution is -2.37. The number of imide groups is 1. The van der Waals surface area contributed by atoms with Crippen LogP contribution in [-0.2, 0) is 9.59 Å². The lowest BCUT2D eigenvalue weighted by atomic mass is 9.85. The van der Waals surface area contributed by atoms with Crippen molar-refractivity contribution in [2.75, 3.05) is 19.6 Å². The van der Waals surface area contributed by atoms with Crippen molar-refractivity contribution in [3.8, 4) is 0 Å². The molecule has 16 heavy (non-hydrogen) atoms. The summed E-state index contributed by atoms with van der Waals surface area (Å²) in [6.07, 6.45) is 5.49. The summed E-state index contributed by atoms with van der Waals surface area (Å²) in [7, 11) is 0. The quantitative estimate of drug-likeness (QED) is 0.429. The highest BCUT2D eigenvalue weighted by Gasteiger charge is 2.46. The minimum atomic E-state index is -0.0841. The Kier molecular flexibility index (Phi) is 3.39. The number of fused-ring (bicyclic) bond motifs is 1. The molecular weight excluding hydrogens is 204 g/mol. The highest BCUT2D eigenvalue weighted by Crippen LogP contribution is 2.34. The Morgan fingerprint density at radius 2 is 1.81 bits per heavy atom. The Labute approximate surface area is 95.7 Å². The van der Waals surface area contributed by atoms with E-state index in [1.165, 1.54) is 4.90 Å². The molecule has 0 bridgehead atoms. The van der Waals surface area contributed by atoms with E-state index in [4.69, 9.17) is 0 Å². The molecule has 2 aliphatic rings. The second-order valence-electron chi connectivity index (χ2n) is 4.34. The summed E-state index contributed by atoms with van der Waals surface area (Å²) in [5.41, 5.74) is 0. The molecule has 1 aliphatic heterocycles. The highest BCUT2D eigenvalue weighted by atomic mass is 16.2. The van der Waals surface area contributed by atoms with Crippen molar-refractivity contribution < 1.29 is 9.59 Å². The first kappa shape index (κ1) is 11.3. The van der Waals surface area contributed by atoms with Crippen molar-refractivity contribution in [1.82, 2.24) is 10.2 Å². The van der Waals surface area contributed by atoms with E-state index in [2.05, 4.69) is 5.32 Å². The lowest BCUT2D eigenvalue weighted by molar-refractivity contribution is -0.139. The molecule has 1 saturated heterocycles. The number of rotatable bonds is 4. The van der Waals surface area contributed by atoms with Gasteiger partial charge in [-0.3, -0.25) is 14.5 Å². The Hall–Kier alpha value is -1.16. The number of carbonyl (C=O) groups excluding carboxylic acids is 2. The van der Waals surface area contributed by atoms with E-state index >= 15 is 0 Å². The van der Waals surface area contributed by atoms with Gasteiger partial charge in [0.05, 0.1) is 11.8 Å². The average Bonchev–Trinajstić information content (AvgIpc) is 2.55. The van der Waals surface area contributed by atoms with E-state index in [1.54, 1.807) is 0 Å². The van der Waals surface area contributed by atoms with Crippen LogP contribution < -0.4 is 5.32 Å². The Balaban J connectivity index is 2.00. The predicted molar refractivity (Wildman–Crippen MR) is 60.6 cm³/mol. The molecule has 2 atom stereocenters. The minimum Gasteiger partial charge on any atom is -0.315 e. The lowest BCUT2D eigenvalue weighted by Gasteiger charge is -2.14. The Morgan fingerprint density at radius 3 is 2.31 bits per heavy atom. The van der Waals surface area contributed by atoms with E-state index in [1.807, 2.05) is 19.1 Å². The van der Waals surface area contributed by atoms with Gasteiger partial charge in [0, 0.05) is 13.1 Å². The maximum absolute atomic E-state index is 12.0. The van der Waals surface area contributed by atoms with Gasteiger partial charge in [0.2, 0.25) is 11.8 Å². The van der Waals surface area contributed by atoms with Crippen LogP contribution >= 0.6 is 0 Å². The molecule has 88 valence electrons. The molecule has 0 spiro atoms. The zero-order chi connectivity index (χ0) is 11.5. The number of nitrogens with one attached hydrogen (secondary N) is 1. The second-order valence-corrected chi connectivity index (χ2v) is 4.34. The van der Waals surface area contributed by atoms with Gasteiger partial charge < -0.3 is 5.32 Å². The predicted octanol–water partition coefficient (Wildman–Crippen LogP) is 0.547. The summed E-state index contributed by atoms with van der Waals surface area (Å²) >= 11 is 0. The number of amides is 2. The van der Waals surface area contributed by atoms with Crippen LogP contribution in [0.1, 0.15) is 19.8 Å². The van der Waals surface area contributed by atoms with Gasteiger partial charge in [0.1, 0.15) is 0 Å². The van der Waals surface area contributed by atoms with E-state index in [0.717, 1.165) is 19.4 Å². The molecule has 0 radical (unpaired) electrons. The molecule has 1 N–H and O–H groups in total. The summed E-state index contributed by atoms with van der Waals surface area (Å²) in [6.45, 7) is 4.08. The SMILES string of the molecule is CCNCCN1C(=O)C2CC=CCC2C1=O. The van der Waals surface area contributed by atoms with Crippen LogP contribution in [0.3, 0.4) is 0 Å². The van der Waals surface area contributed by atoms with Crippen LogP contribution in [0.15, 0.2) is 12.2 Å².